The summed E-state index contributed by atoms with van der Waals surface area (Å²) in [7, 11) is 0. The molecule has 0 unspecified atom stereocenters. The minimum absolute atomic E-state index is 0.154. The number of aryl methyl sites for hydroxylation is 2. The van der Waals surface area contributed by atoms with E-state index in [2.05, 4.69) is 29.0 Å². The second-order valence-corrected chi connectivity index (χ2v) is 7.27. The molecule has 146 valence electrons. The molecule has 7 heteroatoms. The van der Waals surface area contributed by atoms with E-state index in [-0.39, 0.29) is 11.9 Å². The van der Waals surface area contributed by atoms with E-state index in [9.17, 15) is 4.39 Å². The van der Waals surface area contributed by atoms with Crippen LogP contribution in [0.25, 0.3) is 23.0 Å². The lowest BCUT2D eigenvalue weighted by Gasteiger charge is -2.25. The van der Waals surface area contributed by atoms with Crippen LogP contribution in [0.15, 0.2) is 53.3 Å². The summed E-state index contributed by atoms with van der Waals surface area (Å²) < 4.78 is 26.7. The van der Waals surface area contributed by atoms with Gasteiger partial charge < -0.3 is 13.8 Å². The Morgan fingerprint density at radius 2 is 1.90 bits per heavy atom. The molecule has 4 aromatic rings. The van der Waals surface area contributed by atoms with Gasteiger partial charge >= 0.3 is 0 Å². The van der Waals surface area contributed by atoms with Crippen LogP contribution in [0, 0.1) is 19.7 Å². The number of imidazole rings is 1. The number of hydrogen-bond donors (Lipinski definition) is 0. The minimum atomic E-state index is -0.258. The number of hydrogen-bond acceptors (Lipinski definition) is 5. The van der Waals surface area contributed by atoms with Gasteiger partial charge in [0.05, 0.1) is 25.2 Å². The molecule has 3 heterocycles. The summed E-state index contributed by atoms with van der Waals surface area (Å²) >= 11 is 0. The van der Waals surface area contributed by atoms with Crippen LogP contribution in [0.5, 0.6) is 0 Å². The molecule has 0 radical (unpaired) electrons. The van der Waals surface area contributed by atoms with Crippen molar-refractivity contribution in [1.82, 2.24) is 19.7 Å². The maximum Gasteiger partial charge on any atom is 0.278 e. The molecular weight excluding hydrogens is 371 g/mol. The van der Waals surface area contributed by atoms with E-state index in [1.807, 2.05) is 22.8 Å². The molecule has 1 atom stereocenters. The molecule has 1 aliphatic heterocycles. The Balaban J connectivity index is 1.41. The van der Waals surface area contributed by atoms with Crippen molar-refractivity contribution in [1.29, 1.82) is 0 Å². The molecule has 0 fully saturated rings. The number of halogens is 1. The van der Waals surface area contributed by atoms with Gasteiger partial charge in [-0.15, -0.1) is 0 Å². The summed E-state index contributed by atoms with van der Waals surface area (Å²) in [6.45, 7) is 5.07. The Bertz CT molecular complexity index is 1180. The summed E-state index contributed by atoms with van der Waals surface area (Å²) in [5, 5.41) is 4.12. The van der Waals surface area contributed by atoms with Crippen molar-refractivity contribution in [2.75, 3.05) is 0 Å². The summed E-state index contributed by atoms with van der Waals surface area (Å²) in [6.07, 6.45) is 1.60. The second-order valence-electron chi connectivity index (χ2n) is 7.27. The Morgan fingerprint density at radius 3 is 2.69 bits per heavy atom. The molecule has 2 aromatic heterocycles. The Hall–Kier alpha value is -3.32. The van der Waals surface area contributed by atoms with Gasteiger partial charge in [-0.2, -0.15) is 4.98 Å². The highest BCUT2D eigenvalue weighted by atomic mass is 19.1. The third-order valence-corrected chi connectivity index (χ3v) is 5.37. The van der Waals surface area contributed by atoms with Gasteiger partial charge in [-0.1, -0.05) is 29.4 Å². The molecule has 5 rings (SSSR count). The lowest BCUT2D eigenvalue weighted by atomic mass is 10.1. The molecule has 0 amide bonds. The lowest BCUT2D eigenvalue weighted by molar-refractivity contribution is 0.00326. The smallest absolute Gasteiger partial charge is 0.278 e. The van der Waals surface area contributed by atoms with E-state index >= 15 is 0 Å². The Labute approximate surface area is 167 Å². The van der Waals surface area contributed by atoms with Crippen molar-refractivity contribution < 1.29 is 13.7 Å². The van der Waals surface area contributed by atoms with Crippen LogP contribution in [0.2, 0.25) is 0 Å². The Kier molecular flexibility index (Phi) is 4.24. The van der Waals surface area contributed by atoms with E-state index in [4.69, 9.17) is 9.26 Å². The first-order chi connectivity index (χ1) is 14.1. The van der Waals surface area contributed by atoms with E-state index in [0.29, 0.717) is 30.6 Å². The number of rotatable bonds is 3. The molecule has 0 saturated heterocycles. The largest absolute Gasteiger partial charge is 0.365 e. The fourth-order valence-electron chi connectivity index (χ4n) is 3.50. The SMILES string of the molecule is Cc1ccc(-c2noc(-c3ncn4c3CO[C@H](c3ccc(F)cc3)C4)n2)cc1C. The third kappa shape index (κ3) is 3.23. The van der Waals surface area contributed by atoms with Gasteiger partial charge in [0.1, 0.15) is 11.9 Å². The molecule has 2 aromatic carbocycles. The molecular formula is C22H19FN4O2. The summed E-state index contributed by atoms with van der Waals surface area (Å²) in [5.74, 6) is 0.646. The summed E-state index contributed by atoms with van der Waals surface area (Å²) in [4.78, 5) is 9.01. The quantitative estimate of drug-likeness (QED) is 0.510. The maximum atomic E-state index is 13.2. The van der Waals surface area contributed by atoms with E-state index in [0.717, 1.165) is 16.8 Å². The number of benzene rings is 2. The van der Waals surface area contributed by atoms with Crippen molar-refractivity contribution in [2.45, 2.75) is 33.1 Å². The van der Waals surface area contributed by atoms with E-state index in [1.165, 1.54) is 23.3 Å². The first kappa shape index (κ1) is 17.8. The molecule has 0 bridgehead atoms. The number of aromatic nitrogens is 4. The highest BCUT2D eigenvalue weighted by Crippen LogP contribution is 2.32. The second kappa shape index (κ2) is 6.93. The normalized spacial score (nSPS) is 16.0. The zero-order valence-corrected chi connectivity index (χ0v) is 16.1. The highest BCUT2D eigenvalue weighted by molar-refractivity contribution is 5.60. The molecule has 1 aliphatic rings. The van der Waals surface area contributed by atoms with Crippen LogP contribution in [0.4, 0.5) is 4.39 Å². The van der Waals surface area contributed by atoms with Gasteiger partial charge in [-0.25, -0.2) is 9.37 Å². The fourth-order valence-corrected chi connectivity index (χ4v) is 3.50. The van der Waals surface area contributed by atoms with Crippen molar-refractivity contribution in [2.24, 2.45) is 0 Å². The molecule has 0 aliphatic carbocycles. The average molecular weight is 390 g/mol. The van der Waals surface area contributed by atoms with Crippen LogP contribution in [-0.4, -0.2) is 19.7 Å². The van der Waals surface area contributed by atoms with E-state index < -0.39 is 0 Å². The Morgan fingerprint density at radius 1 is 1.07 bits per heavy atom. The fraction of sp³-hybridized carbons (Fsp3) is 0.227. The monoisotopic (exact) mass is 390 g/mol. The van der Waals surface area contributed by atoms with Crippen molar-refractivity contribution in [3.05, 3.63) is 77.0 Å². The van der Waals surface area contributed by atoms with Crippen LogP contribution in [0.1, 0.15) is 28.5 Å². The van der Waals surface area contributed by atoms with Crippen molar-refractivity contribution >= 4 is 0 Å². The van der Waals surface area contributed by atoms with Crippen LogP contribution in [0.3, 0.4) is 0 Å². The predicted molar refractivity (Wildman–Crippen MR) is 104 cm³/mol. The molecule has 0 N–H and O–H groups in total. The van der Waals surface area contributed by atoms with Gasteiger partial charge in [-0.05, 0) is 48.7 Å². The molecule has 6 nitrogen and oxygen atoms in total. The summed E-state index contributed by atoms with van der Waals surface area (Å²) in [6, 6.07) is 12.5. The lowest BCUT2D eigenvalue weighted by Crippen LogP contribution is -2.20. The maximum absolute atomic E-state index is 13.2. The first-order valence-electron chi connectivity index (χ1n) is 9.41. The molecule has 0 saturated carbocycles. The zero-order valence-electron chi connectivity index (χ0n) is 16.1. The van der Waals surface area contributed by atoms with Crippen LogP contribution < -0.4 is 0 Å². The van der Waals surface area contributed by atoms with Gasteiger partial charge in [0.25, 0.3) is 5.89 Å². The standard InChI is InChI=1S/C22H19FN4O2/c1-13-3-4-16(9-14(13)2)21-25-22(29-26-21)20-18-11-28-19(10-27(18)12-24-20)15-5-7-17(23)8-6-15/h3-9,12,19H,10-11H2,1-2H3/t19-/m0/s1. The van der Waals surface area contributed by atoms with E-state index in [1.54, 1.807) is 18.5 Å². The number of ether oxygens (including phenoxy) is 1. The number of fused-ring (bicyclic) bond motifs is 1. The average Bonchev–Trinajstić information content (AvgIpc) is 3.37. The topological polar surface area (TPSA) is 66.0 Å². The highest BCUT2D eigenvalue weighted by Gasteiger charge is 2.26. The van der Waals surface area contributed by atoms with Crippen LogP contribution in [-0.2, 0) is 17.9 Å². The van der Waals surface area contributed by atoms with Crippen molar-refractivity contribution in [3.8, 4) is 23.0 Å². The molecule has 0 spiro atoms. The van der Waals surface area contributed by atoms with Gasteiger partial charge in [0.2, 0.25) is 5.82 Å². The van der Waals surface area contributed by atoms with Gasteiger partial charge in [0, 0.05) is 5.56 Å². The van der Waals surface area contributed by atoms with Gasteiger partial charge in [-0.3, -0.25) is 0 Å². The first-order valence-corrected chi connectivity index (χ1v) is 9.41. The number of nitrogens with zero attached hydrogens (tertiary/aromatic N) is 4. The minimum Gasteiger partial charge on any atom is -0.365 e. The zero-order chi connectivity index (χ0) is 20.0. The summed E-state index contributed by atoms with van der Waals surface area (Å²) in [5.41, 5.74) is 5.75. The molecule has 29 heavy (non-hydrogen) atoms. The van der Waals surface area contributed by atoms with Crippen molar-refractivity contribution in [3.63, 3.8) is 0 Å². The van der Waals surface area contributed by atoms with Crippen LogP contribution >= 0.6 is 0 Å². The third-order valence-electron chi connectivity index (χ3n) is 5.37. The predicted octanol–water partition coefficient (Wildman–Crippen LogP) is 4.63. The van der Waals surface area contributed by atoms with Gasteiger partial charge in [0.15, 0.2) is 5.69 Å².